The Balaban J connectivity index is 2.68. The summed E-state index contributed by atoms with van der Waals surface area (Å²) in [6, 6.07) is 6.61. The molecule has 1 aromatic carbocycles. The quantitative estimate of drug-likeness (QED) is 0.783. The largest absolute Gasteiger partial charge is 0.384 e. The third-order valence-corrected chi connectivity index (χ3v) is 3.25. The molecule has 0 spiro atoms. The molecule has 0 fully saturated rings. The average Bonchev–Trinajstić information content (AvgIpc) is 2.24. The zero-order valence-electron chi connectivity index (χ0n) is 8.55. The smallest absolute Gasteiger partial charge is 0.133 e. The maximum absolute atomic E-state index is 6.11. The number of aromatic nitrogens is 1. The predicted octanol–water partition coefficient (Wildman–Crippen LogP) is 3.87. The number of hydrogen-bond donors (Lipinski definition) is 2. The Kier molecular flexibility index (Phi) is 3.33. The van der Waals surface area contributed by atoms with Crippen molar-refractivity contribution >= 4 is 46.4 Å². The Morgan fingerprint density at radius 2 is 1.65 bits per heavy atom. The maximum Gasteiger partial charge on any atom is 0.133 e. The normalized spacial score (nSPS) is 10.5. The van der Waals surface area contributed by atoms with Gasteiger partial charge in [-0.3, -0.25) is 0 Å². The molecule has 0 saturated carbocycles. The fourth-order valence-corrected chi connectivity index (χ4v) is 2.17. The second-order valence-corrected chi connectivity index (χ2v) is 4.64. The summed E-state index contributed by atoms with van der Waals surface area (Å²) in [5.74, 6) is 0.626. The van der Waals surface area contributed by atoms with Gasteiger partial charge in [0, 0.05) is 16.1 Å². The zero-order valence-corrected chi connectivity index (χ0v) is 10.8. The Morgan fingerprint density at radius 3 is 2.29 bits per heavy atom. The molecule has 3 nitrogen and oxygen atoms in total. The molecule has 2 aromatic rings. The second-order valence-electron chi connectivity index (χ2n) is 3.42. The van der Waals surface area contributed by atoms with Crippen LogP contribution in [0.3, 0.4) is 0 Å². The van der Waals surface area contributed by atoms with Gasteiger partial charge in [0.15, 0.2) is 0 Å². The van der Waals surface area contributed by atoms with Gasteiger partial charge in [0.05, 0.1) is 10.0 Å². The van der Waals surface area contributed by atoms with E-state index in [0.29, 0.717) is 32.0 Å². The molecular formula is C11H8Cl3N3. The SMILES string of the molecule is Nc1ccc(-c2cc(Cl)cc(Cl)c2Cl)c(N)n1. The number of nitrogens with zero attached hydrogens (tertiary/aromatic N) is 1. The van der Waals surface area contributed by atoms with Crippen LogP contribution in [0.25, 0.3) is 11.1 Å². The highest BCUT2D eigenvalue weighted by Crippen LogP contribution is 2.38. The molecule has 17 heavy (non-hydrogen) atoms. The summed E-state index contributed by atoms with van der Waals surface area (Å²) >= 11 is 18.0. The summed E-state index contributed by atoms with van der Waals surface area (Å²) in [5, 5.41) is 1.23. The van der Waals surface area contributed by atoms with Crippen molar-refractivity contribution in [3.05, 3.63) is 39.3 Å². The van der Waals surface area contributed by atoms with Crippen LogP contribution in [0.15, 0.2) is 24.3 Å². The summed E-state index contributed by atoms with van der Waals surface area (Å²) in [7, 11) is 0. The third-order valence-electron chi connectivity index (χ3n) is 2.23. The molecule has 6 heteroatoms. The van der Waals surface area contributed by atoms with E-state index in [-0.39, 0.29) is 5.82 Å². The minimum atomic E-state index is 0.283. The number of rotatable bonds is 1. The van der Waals surface area contributed by atoms with Crippen LogP contribution in [0, 0.1) is 0 Å². The molecule has 0 atom stereocenters. The Bertz CT molecular complexity index is 584. The molecule has 0 radical (unpaired) electrons. The first-order valence-corrected chi connectivity index (χ1v) is 5.79. The minimum absolute atomic E-state index is 0.283. The van der Waals surface area contributed by atoms with Crippen molar-refractivity contribution in [3.63, 3.8) is 0 Å². The first kappa shape index (κ1) is 12.3. The van der Waals surface area contributed by atoms with Gasteiger partial charge in [-0.05, 0) is 24.3 Å². The van der Waals surface area contributed by atoms with Crippen LogP contribution in [0.2, 0.25) is 15.1 Å². The lowest BCUT2D eigenvalue weighted by Crippen LogP contribution is -1.98. The van der Waals surface area contributed by atoms with Gasteiger partial charge in [0.1, 0.15) is 11.6 Å². The minimum Gasteiger partial charge on any atom is -0.384 e. The summed E-state index contributed by atoms with van der Waals surface area (Å²) in [6.07, 6.45) is 0. The van der Waals surface area contributed by atoms with Gasteiger partial charge in [-0.25, -0.2) is 4.98 Å². The summed E-state index contributed by atoms with van der Waals surface area (Å²) < 4.78 is 0. The van der Waals surface area contributed by atoms with Crippen LogP contribution in [-0.2, 0) is 0 Å². The van der Waals surface area contributed by atoms with E-state index in [9.17, 15) is 0 Å². The Hall–Kier alpha value is -1.16. The highest BCUT2D eigenvalue weighted by Gasteiger charge is 2.12. The van der Waals surface area contributed by atoms with Crippen molar-refractivity contribution in [1.29, 1.82) is 0 Å². The molecule has 1 aromatic heterocycles. The van der Waals surface area contributed by atoms with Gasteiger partial charge in [-0.2, -0.15) is 0 Å². The molecule has 0 aliphatic heterocycles. The van der Waals surface area contributed by atoms with Crippen molar-refractivity contribution in [3.8, 4) is 11.1 Å². The van der Waals surface area contributed by atoms with Crippen LogP contribution in [0.4, 0.5) is 11.6 Å². The molecule has 0 amide bonds. The Morgan fingerprint density at radius 1 is 0.941 bits per heavy atom. The van der Waals surface area contributed by atoms with E-state index in [4.69, 9.17) is 46.3 Å². The highest BCUT2D eigenvalue weighted by atomic mass is 35.5. The average molecular weight is 289 g/mol. The molecule has 0 aliphatic rings. The van der Waals surface area contributed by atoms with Gasteiger partial charge in [0.25, 0.3) is 0 Å². The lowest BCUT2D eigenvalue weighted by Gasteiger charge is -2.09. The standard InChI is InChI=1S/C11H8Cl3N3/c12-5-3-7(10(14)8(13)4-5)6-1-2-9(15)17-11(6)16/h1-4H,(H4,15,16,17). The summed E-state index contributed by atoms with van der Waals surface area (Å²) in [4.78, 5) is 3.96. The number of hydrogen-bond acceptors (Lipinski definition) is 3. The molecular weight excluding hydrogens is 281 g/mol. The van der Waals surface area contributed by atoms with Gasteiger partial charge in [-0.1, -0.05) is 34.8 Å². The fraction of sp³-hybridized carbons (Fsp3) is 0. The van der Waals surface area contributed by atoms with Crippen LogP contribution >= 0.6 is 34.8 Å². The maximum atomic E-state index is 6.11. The molecule has 4 N–H and O–H groups in total. The van der Waals surface area contributed by atoms with Crippen LogP contribution < -0.4 is 11.5 Å². The summed E-state index contributed by atoms with van der Waals surface area (Å²) in [5.41, 5.74) is 12.6. The number of pyridine rings is 1. The van der Waals surface area contributed by atoms with Crippen LogP contribution in [-0.4, -0.2) is 4.98 Å². The lowest BCUT2D eigenvalue weighted by molar-refractivity contribution is 1.34. The molecule has 2 rings (SSSR count). The van der Waals surface area contributed by atoms with Crippen molar-refractivity contribution in [2.24, 2.45) is 0 Å². The number of halogens is 3. The van der Waals surface area contributed by atoms with E-state index in [0.717, 1.165) is 0 Å². The molecule has 1 heterocycles. The van der Waals surface area contributed by atoms with E-state index in [1.165, 1.54) is 0 Å². The first-order valence-electron chi connectivity index (χ1n) is 4.66. The first-order chi connectivity index (χ1) is 7.99. The van der Waals surface area contributed by atoms with Crippen molar-refractivity contribution in [1.82, 2.24) is 4.98 Å². The number of anilines is 2. The van der Waals surface area contributed by atoms with Gasteiger partial charge >= 0.3 is 0 Å². The molecule has 0 bridgehead atoms. The van der Waals surface area contributed by atoms with Crippen LogP contribution in [0.1, 0.15) is 0 Å². The van der Waals surface area contributed by atoms with E-state index in [1.54, 1.807) is 24.3 Å². The number of nitrogen functional groups attached to an aromatic ring is 2. The molecule has 0 unspecified atom stereocenters. The number of nitrogens with two attached hydrogens (primary N) is 2. The Labute approximate surface area is 113 Å². The molecule has 0 saturated heterocycles. The highest BCUT2D eigenvalue weighted by molar-refractivity contribution is 6.45. The van der Waals surface area contributed by atoms with Crippen molar-refractivity contribution < 1.29 is 0 Å². The summed E-state index contributed by atoms with van der Waals surface area (Å²) in [6.45, 7) is 0. The van der Waals surface area contributed by atoms with E-state index < -0.39 is 0 Å². The molecule has 88 valence electrons. The van der Waals surface area contributed by atoms with Gasteiger partial charge in [-0.15, -0.1) is 0 Å². The number of benzene rings is 1. The third kappa shape index (κ3) is 2.41. The predicted molar refractivity (Wildman–Crippen MR) is 73.5 cm³/mol. The molecule has 0 aliphatic carbocycles. The van der Waals surface area contributed by atoms with Crippen molar-refractivity contribution in [2.75, 3.05) is 11.5 Å². The van der Waals surface area contributed by atoms with Crippen molar-refractivity contribution in [2.45, 2.75) is 0 Å². The monoisotopic (exact) mass is 287 g/mol. The van der Waals surface area contributed by atoms with Gasteiger partial charge < -0.3 is 11.5 Å². The van der Waals surface area contributed by atoms with Crippen LogP contribution in [0.5, 0.6) is 0 Å². The zero-order chi connectivity index (χ0) is 12.6. The fourth-order valence-electron chi connectivity index (χ4n) is 1.47. The van der Waals surface area contributed by atoms with E-state index in [2.05, 4.69) is 4.98 Å². The second kappa shape index (κ2) is 4.61. The van der Waals surface area contributed by atoms with E-state index >= 15 is 0 Å². The topological polar surface area (TPSA) is 64.9 Å². The lowest BCUT2D eigenvalue weighted by atomic mass is 10.1. The van der Waals surface area contributed by atoms with Gasteiger partial charge in [0.2, 0.25) is 0 Å². The van der Waals surface area contributed by atoms with E-state index in [1.807, 2.05) is 0 Å².